The first-order valence-electron chi connectivity index (χ1n) is 5.17. The van der Waals surface area contributed by atoms with Gasteiger partial charge in [-0.15, -0.1) is 0 Å². The molecule has 0 amide bonds. The number of aliphatic carboxylic acids is 1. The van der Waals surface area contributed by atoms with Crippen LogP contribution >= 0.6 is 0 Å². The van der Waals surface area contributed by atoms with Crippen molar-refractivity contribution in [2.45, 2.75) is 26.2 Å². The molecule has 0 saturated heterocycles. The van der Waals surface area contributed by atoms with Gasteiger partial charge in [0, 0.05) is 18.3 Å². The lowest BCUT2D eigenvalue weighted by atomic mass is 9.87. The predicted octanol–water partition coefficient (Wildman–Crippen LogP) is 1.87. The number of carboxylic acid groups (broad SMARTS) is 1. The van der Waals surface area contributed by atoms with E-state index in [-0.39, 0.29) is 18.1 Å². The van der Waals surface area contributed by atoms with Gasteiger partial charge in [0.25, 0.3) is 0 Å². The number of pyridine rings is 1. The average Bonchev–Trinajstić information content (AvgIpc) is 2.26. The van der Waals surface area contributed by atoms with Gasteiger partial charge >= 0.3 is 5.97 Å². The molecule has 0 radical (unpaired) electrons. The summed E-state index contributed by atoms with van der Waals surface area (Å²) in [5, 5.41) is 8.80. The van der Waals surface area contributed by atoms with Gasteiger partial charge in [-0.1, -0.05) is 19.9 Å². The molecule has 0 aliphatic rings. The minimum Gasteiger partial charge on any atom is -0.481 e. The first-order valence-corrected chi connectivity index (χ1v) is 5.17. The summed E-state index contributed by atoms with van der Waals surface area (Å²) in [4.78, 5) is 26.5. The van der Waals surface area contributed by atoms with Crippen molar-refractivity contribution >= 4 is 11.8 Å². The number of Topliss-reactive ketones (excluding diaryl/α,β-unsaturated/α-hetero) is 1. The van der Waals surface area contributed by atoms with Crippen LogP contribution in [0.15, 0.2) is 24.5 Å². The Morgan fingerprint density at radius 2 is 2.12 bits per heavy atom. The smallest absolute Gasteiger partial charge is 0.304 e. The van der Waals surface area contributed by atoms with Crippen molar-refractivity contribution in [2.24, 2.45) is 5.92 Å². The minimum absolute atomic E-state index is 0.0598. The molecule has 0 aliphatic carbocycles. The van der Waals surface area contributed by atoms with E-state index in [0.29, 0.717) is 5.56 Å². The summed E-state index contributed by atoms with van der Waals surface area (Å²) in [5.41, 5.74) is 0.670. The maximum atomic E-state index is 11.9. The highest BCUT2D eigenvalue weighted by Gasteiger charge is 2.25. The van der Waals surface area contributed by atoms with Crippen LogP contribution in [0.25, 0.3) is 0 Å². The Balaban J connectivity index is 2.96. The van der Waals surface area contributed by atoms with Gasteiger partial charge in [-0.25, -0.2) is 0 Å². The minimum atomic E-state index is -0.970. The summed E-state index contributed by atoms with van der Waals surface area (Å²) in [6, 6.07) is 3.44. The third-order valence-corrected chi connectivity index (χ3v) is 2.38. The predicted molar refractivity (Wildman–Crippen MR) is 59.1 cm³/mol. The zero-order valence-electron chi connectivity index (χ0n) is 9.38. The number of ketones is 1. The Morgan fingerprint density at radius 3 is 2.56 bits per heavy atom. The number of carbonyl (C=O) groups excluding carboxylic acids is 1. The molecule has 0 spiro atoms. The largest absolute Gasteiger partial charge is 0.481 e. The number of carbonyl (C=O) groups is 2. The molecule has 4 nitrogen and oxygen atoms in total. The van der Waals surface area contributed by atoms with Crippen LogP contribution in [-0.4, -0.2) is 21.8 Å². The van der Waals surface area contributed by atoms with Crippen LogP contribution in [0.2, 0.25) is 0 Å². The van der Waals surface area contributed by atoms with E-state index in [4.69, 9.17) is 5.11 Å². The van der Waals surface area contributed by atoms with Crippen LogP contribution < -0.4 is 0 Å². The van der Waals surface area contributed by atoms with Crippen LogP contribution in [0.3, 0.4) is 0 Å². The van der Waals surface area contributed by atoms with E-state index in [9.17, 15) is 9.59 Å². The number of nitrogens with zero attached hydrogens (tertiary/aromatic N) is 1. The van der Waals surface area contributed by atoms with Crippen molar-refractivity contribution in [1.29, 1.82) is 0 Å². The van der Waals surface area contributed by atoms with E-state index in [0.717, 1.165) is 0 Å². The van der Waals surface area contributed by atoms with Crippen molar-refractivity contribution in [2.75, 3.05) is 0 Å². The molecule has 0 bridgehead atoms. The molecule has 1 atom stereocenters. The van der Waals surface area contributed by atoms with E-state index in [1.807, 2.05) is 0 Å². The van der Waals surface area contributed by atoms with Crippen molar-refractivity contribution in [3.8, 4) is 0 Å². The first kappa shape index (κ1) is 12.4. The van der Waals surface area contributed by atoms with Crippen LogP contribution in [0, 0.1) is 5.92 Å². The van der Waals surface area contributed by atoms with Gasteiger partial charge in [0.1, 0.15) is 5.78 Å². The summed E-state index contributed by atoms with van der Waals surface area (Å²) in [5.74, 6) is -1.80. The quantitative estimate of drug-likeness (QED) is 0.824. The van der Waals surface area contributed by atoms with E-state index in [1.54, 1.807) is 38.4 Å². The monoisotopic (exact) mass is 221 g/mol. The molecule has 0 aliphatic heterocycles. The Bertz CT molecular complexity index is 373. The fourth-order valence-electron chi connectivity index (χ4n) is 1.54. The second-order valence-electron chi connectivity index (χ2n) is 3.99. The van der Waals surface area contributed by atoms with E-state index in [2.05, 4.69) is 4.98 Å². The number of hydrogen-bond acceptors (Lipinski definition) is 3. The zero-order chi connectivity index (χ0) is 12.1. The highest BCUT2D eigenvalue weighted by atomic mass is 16.4. The SMILES string of the molecule is CC(C)C(=O)C(CC(=O)O)c1cccnc1. The van der Waals surface area contributed by atoms with E-state index < -0.39 is 11.9 Å². The molecule has 1 aromatic heterocycles. The fourth-order valence-corrected chi connectivity index (χ4v) is 1.54. The van der Waals surface area contributed by atoms with Crippen LogP contribution in [-0.2, 0) is 9.59 Å². The maximum Gasteiger partial charge on any atom is 0.304 e. The van der Waals surface area contributed by atoms with E-state index >= 15 is 0 Å². The highest BCUT2D eigenvalue weighted by Crippen LogP contribution is 2.23. The molecule has 1 unspecified atom stereocenters. The molecule has 1 rings (SSSR count). The molecule has 0 saturated carbocycles. The van der Waals surface area contributed by atoms with Crippen LogP contribution in [0.1, 0.15) is 31.7 Å². The molecular weight excluding hydrogens is 206 g/mol. The fraction of sp³-hybridized carbons (Fsp3) is 0.417. The van der Waals surface area contributed by atoms with Crippen molar-refractivity contribution < 1.29 is 14.7 Å². The molecule has 4 heteroatoms. The summed E-state index contributed by atoms with van der Waals surface area (Å²) >= 11 is 0. The van der Waals surface area contributed by atoms with Crippen LogP contribution in [0.4, 0.5) is 0 Å². The lowest BCUT2D eigenvalue weighted by Gasteiger charge is -2.15. The Kier molecular flexibility index (Phi) is 4.17. The van der Waals surface area contributed by atoms with Gasteiger partial charge in [0.2, 0.25) is 0 Å². The van der Waals surface area contributed by atoms with Crippen molar-refractivity contribution in [3.05, 3.63) is 30.1 Å². The van der Waals surface area contributed by atoms with Crippen molar-refractivity contribution in [3.63, 3.8) is 0 Å². The molecule has 0 aromatic carbocycles. The third-order valence-electron chi connectivity index (χ3n) is 2.38. The summed E-state index contributed by atoms with van der Waals surface area (Å²) in [7, 11) is 0. The third kappa shape index (κ3) is 3.15. The molecule has 0 fully saturated rings. The Labute approximate surface area is 94.3 Å². The lowest BCUT2D eigenvalue weighted by molar-refractivity contribution is -0.139. The normalized spacial score (nSPS) is 12.4. The Hall–Kier alpha value is -1.71. The van der Waals surface area contributed by atoms with Gasteiger partial charge < -0.3 is 5.11 Å². The maximum absolute atomic E-state index is 11.9. The highest BCUT2D eigenvalue weighted by molar-refractivity contribution is 5.90. The van der Waals surface area contributed by atoms with Gasteiger partial charge in [0.15, 0.2) is 0 Å². The molecule has 1 aromatic rings. The van der Waals surface area contributed by atoms with E-state index in [1.165, 1.54) is 0 Å². The average molecular weight is 221 g/mol. The number of carboxylic acids is 1. The Morgan fingerprint density at radius 1 is 1.44 bits per heavy atom. The molecule has 1 heterocycles. The molecule has 1 N–H and O–H groups in total. The van der Waals surface area contributed by atoms with Gasteiger partial charge in [-0.3, -0.25) is 14.6 Å². The second kappa shape index (κ2) is 5.39. The topological polar surface area (TPSA) is 67.3 Å². The molecular formula is C12H15NO3. The second-order valence-corrected chi connectivity index (χ2v) is 3.99. The summed E-state index contributed by atoms with van der Waals surface area (Å²) in [6.45, 7) is 3.54. The van der Waals surface area contributed by atoms with Crippen LogP contribution in [0.5, 0.6) is 0 Å². The number of aromatic nitrogens is 1. The van der Waals surface area contributed by atoms with Gasteiger partial charge in [0.05, 0.1) is 12.3 Å². The lowest BCUT2D eigenvalue weighted by Crippen LogP contribution is -2.21. The molecule has 86 valence electrons. The van der Waals surface area contributed by atoms with Gasteiger partial charge in [-0.2, -0.15) is 0 Å². The summed E-state index contributed by atoms with van der Waals surface area (Å²) < 4.78 is 0. The summed E-state index contributed by atoms with van der Waals surface area (Å²) in [6.07, 6.45) is 2.97. The van der Waals surface area contributed by atoms with Crippen molar-refractivity contribution in [1.82, 2.24) is 4.98 Å². The standard InChI is InChI=1S/C12H15NO3/c1-8(2)12(16)10(6-11(14)15)9-4-3-5-13-7-9/h3-5,7-8,10H,6H2,1-2H3,(H,14,15). The zero-order valence-corrected chi connectivity index (χ0v) is 9.38. The molecule has 16 heavy (non-hydrogen) atoms. The number of hydrogen-bond donors (Lipinski definition) is 1. The van der Waals surface area contributed by atoms with Gasteiger partial charge in [-0.05, 0) is 11.6 Å². The number of rotatable bonds is 5. The first-order chi connectivity index (χ1) is 7.52.